The Morgan fingerprint density at radius 2 is 1.85 bits per heavy atom. The van der Waals surface area contributed by atoms with Crippen molar-refractivity contribution in [3.63, 3.8) is 0 Å². The fourth-order valence-corrected chi connectivity index (χ4v) is 1.78. The van der Waals surface area contributed by atoms with Gasteiger partial charge in [-0.1, -0.05) is 29.8 Å². The van der Waals surface area contributed by atoms with Gasteiger partial charge >= 0.3 is 5.97 Å². The molecule has 6 heteroatoms. The summed E-state index contributed by atoms with van der Waals surface area (Å²) in [5, 5.41) is 9.11. The molecule has 4 nitrogen and oxygen atoms in total. The largest absolute Gasteiger partial charge is 0.494 e. The molecule has 0 spiro atoms. The van der Waals surface area contributed by atoms with Crippen LogP contribution in [0.2, 0.25) is 10.0 Å². The maximum atomic E-state index is 10.7. The third-order valence-corrected chi connectivity index (χ3v) is 2.77. The number of benzene rings is 1. The Labute approximate surface area is 129 Å². The number of carboxylic acid groups (broad SMARTS) is 1. The predicted octanol–water partition coefficient (Wildman–Crippen LogP) is 3.58. The molecule has 0 unspecified atom stereocenters. The summed E-state index contributed by atoms with van der Waals surface area (Å²) in [5.41, 5.74) is -0.114. The van der Waals surface area contributed by atoms with E-state index in [1.54, 1.807) is 0 Å². The lowest BCUT2D eigenvalue weighted by atomic mass is 10.2. The molecule has 1 aromatic rings. The van der Waals surface area contributed by atoms with E-state index in [2.05, 4.69) is 27.7 Å². The van der Waals surface area contributed by atoms with Crippen molar-refractivity contribution in [1.29, 1.82) is 0 Å². The summed E-state index contributed by atoms with van der Waals surface area (Å²) >= 11 is 11.4. The fourth-order valence-electron chi connectivity index (χ4n) is 1.32. The number of likely N-dealkylation sites (N-methyl/N-ethyl adjacent to an activating group) is 1. The number of aromatic carboxylic acids is 1. The Bertz CT molecular complexity index is 482. The highest BCUT2D eigenvalue weighted by Gasteiger charge is 2.17. The fraction of sp³-hybridized carbons (Fsp3) is 0.357. The summed E-state index contributed by atoms with van der Waals surface area (Å²) in [6, 6.07) is 2.89. The van der Waals surface area contributed by atoms with Crippen molar-refractivity contribution < 1.29 is 19.1 Å². The van der Waals surface area contributed by atoms with Gasteiger partial charge in [0.05, 0.1) is 44.8 Å². The van der Waals surface area contributed by atoms with Gasteiger partial charge in [0.1, 0.15) is 5.56 Å². The number of methoxy groups -OCH3 is 1. The Balaban J connectivity index is 0.000000441. The molecule has 0 heterocycles. The minimum Gasteiger partial charge on any atom is -0.494 e. The first-order chi connectivity index (χ1) is 9.14. The van der Waals surface area contributed by atoms with E-state index in [1.807, 2.05) is 6.08 Å². The van der Waals surface area contributed by atoms with Crippen LogP contribution in [0.5, 0.6) is 5.75 Å². The van der Waals surface area contributed by atoms with Gasteiger partial charge in [-0.15, -0.1) is 0 Å². The molecule has 0 radical (unpaired) electrons. The smallest absolute Gasteiger partial charge is 0.341 e. The molecule has 0 saturated heterocycles. The number of quaternary nitrogens is 1. The van der Waals surface area contributed by atoms with Gasteiger partial charge in [-0.25, -0.2) is 4.79 Å². The van der Waals surface area contributed by atoms with Gasteiger partial charge in [0.25, 0.3) is 0 Å². The summed E-state index contributed by atoms with van der Waals surface area (Å²) in [4.78, 5) is 10.7. The van der Waals surface area contributed by atoms with E-state index in [0.717, 1.165) is 11.0 Å². The molecule has 0 aliphatic carbocycles. The third-order valence-electron chi connectivity index (χ3n) is 2.15. The summed E-state index contributed by atoms with van der Waals surface area (Å²) < 4.78 is 5.80. The van der Waals surface area contributed by atoms with Gasteiger partial charge < -0.3 is 14.3 Å². The molecule has 0 bridgehead atoms. The highest BCUT2D eigenvalue weighted by molar-refractivity contribution is 6.36. The van der Waals surface area contributed by atoms with Gasteiger partial charge in [0, 0.05) is 0 Å². The van der Waals surface area contributed by atoms with E-state index >= 15 is 0 Å². The summed E-state index contributed by atoms with van der Waals surface area (Å²) in [6.45, 7) is 4.67. The summed E-state index contributed by atoms with van der Waals surface area (Å²) in [6.07, 6.45) is 1.93. The van der Waals surface area contributed by atoms with E-state index in [4.69, 9.17) is 33.0 Å². The molecule has 0 aliphatic heterocycles. The number of carbonyl (C=O) groups is 1. The van der Waals surface area contributed by atoms with Gasteiger partial charge in [-0.2, -0.15) is 0 Å². The van der Waals surface area contributed by atoms with Gasteiger partial charge in [0.15, 0.2) is 5.75 Å². The lowest BCUT2D eigenvalue weighted by molar-refractivity contribution is -0.864. The number of hydrogen-bond acceptors (Lipinski definition) is 2. The van der Waals surface area contributed by atoms with Gasteiger partial charge in [0.2, 0.25) is 0 Å². The maximum absolute atomic E-state index is 10.7. The number of carboxylic acids is 1. The molecule has 1 N–H and O–H groups in total. The van der Waals surface area contributed by atoms with Crippen LogP contribution in [-0.2, 0) is 0 Å². The minimum atomic E-state index is -1.16. The van der Waals surface area contributed by atoms with Crippen molar-refractivity contribution in [2.24, 2.45) is 0 Å². The first-order valence-corrected chi connectivity index (χ1v) is 6.56. The van der Waals surface area contributed by atoms with E-state index in [-0.39, 0.29) is 21.4 Å². The van der Waals surface area contributed by atoms with Crippen LogP contribution in [0.15, 0.2) is 24.8 Å². The van der Waals surface area contributed by atoms with Crippen LogP contribution in [0.3, 0.4) is 0 Å². The number of rotatable bonds is 4. The lowest BCUT2D eigenvalue weighted by Crippen LogP contribution is -2.33. The lowest BCUT2D eigenvalue weighted by Gasteiger charge is -2.21. The van der Waals surface area contributed by atoms with Crippen molar-refractivity contribution >= 4 is 29.2 Å². The molecule has 112 valence electrons. The molecule has 0 saturated carbocycles. The van der Waals surface area contributed by atoms with Crippen molar-refractivity contribution in [3.05, 3.63) is 40.4 Å². The van der Waals surface area contributed by atoms with Crippen molar-refractivity contribution in [2.45, 2.75) is 0 Å². The van der Waals surface area contributed by atoms with Crippen molar-refractivity contribution in [3.8, 4) is 5.75 Å². The second-order valence-electron chi connectivity index (χ2n) is 5.00. The second kappa shape index (κ2) is 8.15. The van der Waals surface area contributed by atoms with E-state index < -0.39 is 5.97 Å². The topological polar surface area (TPSA) is 46.5 Å². The highest BCUT2D eigenvalue weighted by Crippen LogP contribution is 2.33. The van der Waals surface area contributed by atoms with Gasteiger partial charge in [-0.3, -0.25) is 0 Å². The molecule has 20 heavy (non-hydrogen) atoms. The standard InChI is InChI=1S/C8H6Cl2O3.C6H14N/c1-13-7-5(10)3-2-4(9)6(7)8(11)12;1-5-6-7(2,3)4/h2-3H,1H3,(H,11,12);5H,1,6H2,2-4H3/q;+1. The number of halogens is 2. The first kappa shape index (κ1) is 18.8. The highest BCUT2D eigenvalue weighted by atomic mass is 35.5. The molecule has 0 amide bonds. The average Bonchev–Trinajstić information content (AvgIpc) is 2.30. The Hall–Kier alpha value is -1.23. The van der Waals surface area contributed by atoms with Crippen LogP contribution in [0.4, 0.5) is 0 Å². The number of hydrogen-bond donors (Lipinski definition) is 1. The molecule has 1 aromatic carbocycles. The molecule has 0 fully saturated rings. The maximum Gasteiger partial charge on any atom is 0.341 e. The van der Waals surface area contributed by atoms with Crippen LogP contribution < -0.4 is 4.74 Å². The Morgan fingerprint density at radius 3 is 2.10 bits per heavy atom. The monoisotopic (exact) mass is 320 g/mol. The van der Waals surface area contributed by atoms with Crippen LogP contribution in [0.25, 0.3) is 0 Å². The van der Waals surface area contributed by atoms with Crippen LogP contribution in [0.1, 0.15) is 10.4 Å². The minimum absolute atomic E-state index is 0.0849. The molecule has 0 atom stereocenters. The predicted molar refractivity (Wildman–Crippen MR) is 83.1 cm³/mol. The Morgan fingerprint density at radius 1 is 1.35 bits per heavy atom. The van der Waals surface area contributed by atoms with Crippen LogP contribution in [-0.4, -0.2) is 50.4 Å². The molecule has 0 aliphatic rings. The van der Waals surface area contributed by atoms with E-state index in [9.17, 15) is 4.79 Å². The molecule has 0 aromatic heterocycles. The molecular weight excluding hydrogens is 301 g/mol. The third kappa shape index (κ3) is 6.28. The van der Waals surface area contributed by atoms with Crippen molar-refractivity contribution in [2.75, 3.05) is 34.8 Å². The van der Waals surface area contributed by atoms with Gasteiger partial charge in [-0.05, 0) is 18.2 Å². The van der Waals surface area contributed by atoms with E-state index in [0.29, 0.717) is 0 Å². The second-order valence-corrected chi connectivity index (χ2v) is 5.82. The van der Waals surface area contributed by atoms with Crippen molar-refractivity contribution in [1.82, 2.24) is 0 Å². The molecule has 1 rings (SSSR count). The average molecular weight is 321 g/mol. The van der Waals surface area contributed by atoms with Crippen LogP contribution in [0, 0.1) is 0 Å². The Kier molecular flexibility index (Phi) is 7.64. The zero-order valence-electron chi connectivity index (χ0n) is 12.1. The van der Waals surface area contributed by atoms with E-state index in [1.165, 1.54) is 19.2 Å². The zero-order chi connectivity index (χ0) is 15.9. The number of nitrogens with zero attached hydrogens (tertiary/aromatic N) is 1. The quantitative estimate of drug-likeness (QED) is 0.681. The summed E-state index contributed by atoms with van der Waals surface area (Å²) in [5.74, 6) is -1.08. The first-order valence-electron chi connectivity index (χ1n) is 5.80. The zero-order valence-corrected chi connectivity index (χ0v) is 13.6. The van der Waals surface area contributed by atoms with Crippen LogP contribution >= 0.6 is 23.2 Å². The molecular formula is C14H20Cl2NO3+. The number of ether oxygens (including phenoxy) is 1. The summed E-state index contributed by atoms with van der Waals surface area (Å²) in [7, 11) is 7.76. The SMILES string of the molecule is C=CC[N+](C)(C)C.COc1c(Cl)ccc(Cl)c1C(=O)O. The normalized spacial score (nSPS) is 10.3.